The summed E-state index contributed by atoms with van der Waals surface area (Å²) in [6.07, 6.45) is 8.25. The van der Waals surface area contributed by atoms with E-state index < -0.39 is 0 Å². The third-order valence-corrected chi connectivity index (χ3v) is 6.16. The summed E-state index contributed by atoms with van der Waals surface area (Å²) in [4.78, 5) is 30.7. The zero-order chi connectivity index (χ0) is 19.9. The van der Waals surface area contributed by atoms with E-state index in [1.165, 1.54) is 31.2 Å². The van der Waals surface area contributed by atoms with Gasteiger partial charge in [-0.2, -0.15) is 0 Å². The number of rotatable bonds is 5. The minimum atomic E-state index is 0.0442. The fraction of sp³-hybridized carbons (Fsp3) is 0.652. The van der Waals surface area contributed by atoms with Gasteiger partial charge in [0.15, 0.2) is 0 Å². The Morgan fingerprint density at radius 1 is 0.929 bits per heavy atom. The van der Waals surface area contributed by atoms with Crippen molar-refractivity contribution in [3.63, 3.8) is 0 Å². The van der Waals surface area contributed by atoms with Gasteiger partial charge in [-0.1, -0.05) is 25.0 Å². The van der Waals surface area contributed by atoms with Gasteiger partial charge in [-0.05, 0) is 68.8 Å². The van der Waals surface area contributed by atoms with Crippen LogP contribution in [0, 0.1) is 5.92 Å². The molecule has 3 rings (SSSR count). The number of hydrogen-bond donors (Lipinski definition) is 0. The first-order chi connectivity index (χ1) is 13.5. The van der Waals surface area contributed by atoms with E-state index >= 15 is 0 Å². The SMILES string of the molecule is CN(C)C(=O)c1ccc(CC2CCN(C(=O)CN3CCCCCC3)CC2)cc1. The largest absolute Gasteiger partial charge is 0.345 e. The molecule has 0 radical (unpaired) electrons. The van der Waals surface area contributed by atoms with Crippen molar-refractivity contribution in [3.8, 4) is 0 Å². The van der Waals surface area contributed by atoms with E-state index in [1.807, 2.05) is 12.1 Å². The topological polar surface area (TPSA) is 43.9 Å². The second-order valence-electron chi connectivity index (χ2n) is 8.62. The standard InChI is InChI=1S/C23H35N3O2/c1-24(2)23(28)21-9-7-19(8-10-21)17-20-11-15-26(16-12-20)22(27)18-25-13-5-3-4-6-14-25/h7-10,20H,3-6,11-18H2,1-2H3. The van der Waals surface area contributed by atoms with Gasteiger partial charge in [0.05, 0.1) is 6.54 Å². The van der Waals surface area contributed by atoms with E-state index in [1.54, 1.807) is 19.0 Å². The molecule has 2 amide bonds. The molecule has 2 heterocycles. The first-order valence-corrected chi connectivity index (χ1v) is 10.8. The Morgan fingerprint density at radius 2 is 1.54 bits per heavy atom. The van der Waals surface area contributed by atoms with Gasteiger partial charge >= 0.3 is 0 Å². The molecule has 2 aliphatic rings. The van der Waals surface area contributed by atoms with E-state index in [-0.39, 0.29) is 5.91 Å². The lowest BCUT2D eigenvalue weighted by molar-refractivity contribution is -0.133. The molecule has 1 aromatic rings. The third-order valence-electron chi connectivity index (χ3n) is 6.16. The fourth-order valence-corrected chi connectivity index (χ4v) is 4.35. The van der Waals surface area contributed by atoms with E-state index in [0.29, 0.717) is 18.4 Å². The Labute approximate surface area is 169 Å². The summed E-state index contributed by atoms with van der Waals surface area (Å²) in [6.45, 7) is 4.53. The highest BCUT2D eigenvalue weighted by molar-refractivity contribution is 5.93. The first kappa shape index (κ1) is 20.8. The summed E-state index contributed by atoms with van der Waals surface area (Å²) in [5.74, 6) is 0.979. The van der Waals surface area contributed by atoms with Crippen LogP contribution in [0.3, 0.4) is 0 Å². The molecule has 0 spiro atoms. The highest BCUT2D eigenvalue weighted by Crippen LogP contribution is 2.22. The molecule has 0 N–H and O–H groups in total. The lowest BCUT2D eigenvalue weighted by atomic mass is 9.90. The molecule has 2 fully saturated rings. The van der Waals surface area contributed by atoms with Gasteiger partial charge in [0.25, 0.3) is 5.91 Å². The first-order valence-electron chi connectivity index (χ1n) is 10.8. The second-order valence-corrected chi connectivity index (χ2v) is 8.62. The van der Waals surface area contributed by atoms with Crippen LogP contribution < -0.4 is 0 Å². The van der Waals surface area contributed by atoms with Crippen LogP contribution in [0.1, 0.15) is 54.4 Å². The van der Waals surface area contributed by atoms with Gasteiger partial charge in [0.1, 0.15) is 0 Å². The molecule has 2 aliphatic heterocycles. The molecule has 0 aliphatic carbocycles. The zero-order valence-electron chi connectivity index (χ0n) is 17.5. The number of hydrogen-bond acceptors (Lipinski definition) is 3. The summed E-state index contributed by atoms with van der Waals surface area (Å²) in [6, 6.07) is 8.01. The summed E-state index contributed by atoms with van der Waals surface area (Å²) in [5.41, 5.74) is 2.02. The summed E-state index contributed by atoms with van der Waals surface area (Å²) in [7, 11) is 3.55. The highest BCUT2D eigenvalue weighted by Gasteiger charge is 2.24. The molecule has 0 unspecified atom stereocenters. The minimum Gasteiger partial charge on any atom is -0.345 e. The van der Waals surface area contributed by atoms with Crippen LogP contribution in [-0.4, -0.2) is 73.3 Å². The van der Waals surface area contributed by atoms with Crippen LogP contribution in [0.2, 0.25) is 0 Å². The maximum atomic E-state index is 12.6. The number of carbonyl (C=O) groups is 2. The monoisotopic (exact) mass is 385 g/mol. The van der Waals surface area contributed by atoms with Crippen molar-refractivity contribution in [2.45, 2.75) is 44.9 Å². The lowest BCUT2D eigenvalue weighted by Gasteiger charge is -2.33. The molecule has 5 nitrogen and oxygen atoms in total. The highest BCUT2D eigenvalue weighted by atomic mass is 16.2. The molecule has 28 heavy (non-hydrogen) atoms. The number of amides is 2. The predicted molar refractivity (Wildman–Crippen MR) is 112 cm³/mol. The Morgan fingerprint density at radius 3 is 2.11 bits per heavy atom. The van der Waals surface area contributed by atoms with Crippen molar-refractivity contribution in [2.24, 2.45) is 5.92 Å². The van der Waals surface area contributed by atoms with Gasteiger partial charge in [-0.25, -0.2) is 0 Å². The van der Waals surface area contributed by atoms with Crippen molar-refractivity contribution in [1.82, 2.24) is 14.7 Å². The van der Waals surface area contributed by atoms with E-state index in [4.69, 9.17) is 0 Å². The van der Waals surface area contributed by atoms with E-state index in [2.05, 4.69) is 21.9 Å². The Hall–Kier alpha value is -1.88. The third kappa shape index (κ3) is 5.81. The van der Waals surface area contributed by atoms with Gasteiger partial charge in [-0.3, -0.25) is 14.5 Å². The van der Waals surface area contributed by atoms with E-state index in [0.717, 1.165) is 51.0 Å². The van der Waals surface area contributed by atoms with Gasteiger partial charge in [0.2, 0.25) is 5.91 Å². The van der Waals surface area contributed by atoms with Crippen molar-refractivity contribution in [3.05, 3.63) is 35.4 Å². The molecule has 1 aromatic carbocycles. The number of likely N-dealkylation sites (tertiary alicyclic amines) is 2. The van der Waals surface area contributed by atoms with Crippen LogP contribution in [0.4, 0.5) is 0 Å². The maximum Gasteiger partial charge on any atom is 0.253 e. The van der Waals surface area contributed by atoms with Crippen LogP contribution in [0.5, 0.6) is 0 Å². The number of piperidine rings is 1. The van der Waals surface area contributed by atoms with E-state index in [9.17, 15) is 9.59 Å². The van der Waals surface area contributed by atoms with Crippen molar-refractivity contribution >= 4 is 11.8 Å². The molecular weight excluding hydrogens is 350 g/mol. The molecule has 5 heteroatoms. The maximum absolute atomic E-state index is 12.6. The minimum absolute atomic E-state index is 0.0442. The Balaban J connectivity index is 1.43. The van der Waals surface area contributed by atoms with Crippen molar-refractivity contribution < 1.29 is 9.59 Å². The summed E-state index contributed by atoms with van der Waals surface area (Å²) in [5, 5.41) is 0. The lowest BCUT2D eigenvalue weighted by Crippen LogP contribution is -2.44. The van der Waals surface area contributed by atoms with Gasteiger partial charge < -0.3 is 9.80 Å². The molecule has 154 valence electrons. The molecule has 2 saturated heterocycles. The summed E-state index contributed by atoms with van der Waals surface area (Å²) >= 11 is 0. The smallest absolute Gasteiger partial charge is 0.253 e. The van der Waals surface area contributed by atoms with Gasteiger partial charge in [-0.15, -0.1) is 0 Å². The number of carbonyl (C=O) groups excluding carboxylic acids is 2. The summed E-state index contributed by atoms with van der Waals surface area (Å²) < 4.78 is 0. The van der Waals surface area contributed by atoms with Crippen LogP contribution in [0.25, 0.3) is 0 Å². The average Bonchev–Trinajstić information content (AvgIpc) is 2.97. The molecule has 0 aromatic heterocycles. The number of benzene rings is 1. The van der Waals surface area contributed by atoms with Gasteiger partial charge in [0, 0.05) is 32.7 Å². The average molecular weight is 386 g/mol. The van der Waals surface area contributed by atoms with Crippen LogP contribution in [0.15, 0.2) is 24.3 Å². The quantitative estimate of drug-likeness (QED) is 0.782. The zero-order valence-corrected chi connectivity index (χ0v) is 17.5. The predicted octanol–water partition coefficient (Wildman–Crippen LogP) is 3.05. The number of nitrogens with zero attached hydrogens (tertiary/aromatic N) is 3. The normalized spacial score (nSPS) is 19.3. The fourth-order valence-electron chi connectivity index (χ4n) is 4.35. The Bertz CT molecular complexity index is 640. The Kier molecular flexibility index (Phi) is 7.49. The van der Waals surface area contributed by atoms with Crippen molar-refractivity contribution in [2.75, 3.05) is 46.8 Å². The molecule has 0 atom stereocenters. The van der Waals surface area contributed by atoms with Crippen LogP contribution in [-0.2, 0) is 11.2 Å². The second kappa shape index (κ2) is 10.1. The molecular formula is C23H35N3O2. The molecule has 0 saturated carbocycles. The molecule has 0 bridgehead atoms. The van der Waals surface area contributed by atoms with Crippen molar-refractivity contribution in [1.29, 1.82) is 0 Å². The van der Waals surface area contributed by atoms with Crippen LogP contribution >= 0.6 is 0 Å².